The molecule has 0 saturated carbocycles. The van der Waals surface area contributed by atoms with E-state index in [4.69, 9.17) is 9.73 Å². The quantitative estimate of drug-likeness (QED) is 0.793. The fourth-order valence-corrected chi connectivity index (χ4v) is 2.73. The van der Waals surface area contributed by atoms with Crippen LogP contribution in [0.25, 0.3) is 0 Å². The maximum absolute atomic E-state index is 5.85. The van der Waals surface area contributed by atoms with Gasteiger partial charge in [0, 0.05) is 5.92 Å². The van der Waals surface area contributed by atoms with Gasteiger partial charge in [0.2, 0.25) is 0 Å². The molecule has 1 aliphatic carbocycles. The van der Waals surface area contributed by atoms with E-state index in [9.17, 15) is 0 Å². The van der Waals surface area contributed by atoms with Crippen LogP contribution in [0.4, 0.5) is 0 Å². The summed E-state index contributed by atoms with van der Waals surface area (Å²) in [6.07, 6.45) is 8.64. The molecule has 1 aromatic carbocycles. The first-order valence-electron chi connectivity index (χ1n) is 7.19. The topological polar surface area (TPSA) is 21.6 Å². The van der Waals surface area contributed by atoms with E-state index >= 15 is 0 Å². The van der Waals surface area contributed by atoms with Crippen LogP contribution in [0.3, 0.4) is 0 Å². The molecule has 0 bridgehead atoms. The van der Waals surface area contributed by atoms with Crippen LogP contribution in [0.1, 0.15) is 30.9 Å². The molecule has 2 unspecified atom stereocenters. The molecule has 2 aliphatic rings. The van der Waals surface area contributed by atoms with Crippen LogP contribution >= 0.6 is 0 Å². The standard InChI is InChI=1S/C18H21NO/c1-13-8-10-14(11-9-13)15-6-4-5-7-16(15)17-19-18(2,3)12-20-17/h4-11,15-16H,12H2,1-3H3. The lowest BCUT2D eigenvalue weighted by molar-refractivity contribution is 0.267. The van der Waals surface area contributed by atoms with Crippen molar-refractivity contribution in [1.82, 2.24) is 0 Å². The monoisotopic (exact) mass is 267 g/mol. The van der Waals surface area contributed by atoms with Crippen LogP contribution in [0, 0.1) is 12.8 Å². The van der Waals surface area contributed by atoms with Gasteiger partial charge in [-0.15, -0.1) is 0 Å². The summed E-state index contributed by atoms with van der Waals surface area (Å²) >= 11 is 0. The van der Waals surface area contributed by atoms with Crippen LogP contribution in [-0.2, 0) is 4.74 Å². The molecule has 2 nitrogen and oxygen atoms in total. The predicted octanol–water partition coefficient (Wildman–Crippen LogP) is 4.03. The van der Waals surface area contributed by atoms with E-state index in [1.54, 1.807) is 0 Å². The van der Waals surface area contributed by atoms with E-state index in [-0.39, 0.29) is 11.5 Å². The Morgan fingerprint density at radius 1 is 1.05 bits per heavy atom. The first kappa shape index (κ1) is 13.2. The summed E-state index contributed by atoms with van der Waals surface area (Å²) in [5, 5.41) is 0. The Balaban J connectivity index is 1.91. The molecular formula is C18H21NO. The molecule has 0 radical (unpaired) electrons. The van der Waals surface area contributed by atoms with Crippen molar-refractivity contribution >= 4 is 5.90 Å². The number of nitrogens with zero attached hydrogens (tertiary/aromatic N) is 1. The zero-order chi connectivity index (χ0) is 14.2. The molecule has 0 N–H and O–H groups in total. The number of aliphatic imine (C=N–C) groups is 1. The van der Waals surface area contributed by atoms with Gasteiger partial charge in [-0.1, -0.05) is 54.1 Å². The molecule has 104 valence electrons. The second-order valence-corrected chi connectivity index (χ2v) is 6.28. The van der Waals surface area contributed by atoms with Crippen molar-refractivity contribution in [3.8, 4) is 0 Å². The minimum atomic E-state index is -0.0951. The van der Waals surface area contributed by atoms with Crippen LogP contribution < -0.4 is 0 Å². The lowest BCUT2D eigenvalue weighted by Crippen LogP contribution is -2.21. The maximum atomic E-state index is 5.85. The van der Waals surface area contributed by atoms with Gasteiger partial charge in [-0.3, -0.25) is 0 Å². The van der Waals surface area contributed by atoms with Crippen molar-refractivity contribution in [2.24, 2.45) is 10.9 Å². The Morgan fingerprint density at radius 3 is 2.30 bits per heavy atom. The van der Waals surface area contributed by atoms with Crippen molar-refractivity contribution in [2.45, 2.75) is 32.2 Å². The Kier molecular flexibility index (Phi) is 3.25. The average Bonchev–Trinajstić information content (AvgIpc) is 2.80. The van der Waals surface area contributed by atoms with Gasteiger partial charge in [0.05, 0.1) is 11.5 Å². The zero-order valence-corrected chi connectivity index (χ0v) is 12.3. The lowest BCUT2D eigenvalue weighted by Gasteiger charge is -2.24. The van der Waals surface area contributed by atoms with Gasteiger partial charge in [0.15, 0.2) is 5.90 Å². The molecular weight excluding hydrogens is 246 g/mol. The Bertz CT molecular complexity index is 578. The first-order chi connectivity index (χ1) is 9.55. The zero-order valence-electron chi connectivity index (χ0n) is 12.3. The molecule has 0 fully saturated rings. The molecule has 20 heavy (non-hydrogen) atoms. The predicted molar refractivity (Wildman–Crippen MR) is 83.2 cm³/mol. The Morgan fingerprint density at radius 2 is 1.70 bits per heavy atom. The highest BCUT2D eigenvalue weighted by molar-refractivity contribution is 5.84. The van der Waals surface area contributed by atoms with Gasteiger partial charge >= 0.3 is 0 Å². The van der Waals surface area contributed by atoms with Gasteiger partial charge in [-0.05, 0) is 26.3 Å². The van der Waals surface area contributed by atoms with Gasteiger partial charge in [0.1, 0.15) is 6.61 Å². The summed E-state index contributed by atoms with van der Waals surface area (Å²) in [4.78, 5) is 4.75. The second-order valence-electron chi connectivity index (χ2n) is 6.28. The van der Waals surface area contributed by atoms with E-state index in [0.717, 1.165) is 5.90 Å². The van der Waals surface area contributed by atoms with Crippen LogP contribution in [-0.4, -0.2) is 18.0 Å². The van der Waals surface area contributed by atoms with Crippen LogP contribution in [0.2, 0.25) is 0 Å². The SMILES string of the molecule is Cc1ccc(C2C=CC=CC2C2=NC(C)(C)CO2)cc1. The number of rotatable bonds is 2. The van der Waals surface area contributed by atoms with Crippen LogP contribution in [0.15, 0.2) is 53.6 Å². The van der Waals surface area contributed by atoms with E-state index in [0.29, 0.717) is 12.5 Å². The van der Waals surface area contributed by atoms with Gasteiger partial charge < -0.3 is 4.74 Å². The highest BCUT2D eigenvalue weighted by Gasteiger charge is 2.34. The van der Waals surface area contributed by atoms with Crippen molar-refractivity contribution in [3.63, 3.8) is 0 Å². The van der Waals surface area contributed by atoms with Crippen molar-refractivity contribution < 1.29 is 4.74 Å². The first-order valence-corrected chi connectivity index (χ1v) is 7.19. The molecule has 2 heteroatoms. The van der Waals surface area contributed by atoms with E-state index in [1.165, 1.54) is 11.1 Å². The minimum absolute atomic E-state index is 0.0951. The van der Waals surface area contributed by atoms with E-state index in [2.05, 4.69) is 69.3 Å². The third kappa shape index (κ3) is 2.55. The van der Waals surface area contributed by atoms with Gasteiger partial charge in [-0.25, -0.2) is 4.99 Å². The third-order valence-electron chi connectivity index (χ3n) is 3.87. The van der Waals surface area contributed by atoms with E-state index in [1.807, 2.05) is 0 Å². The van der Waals surface area contributed by atoms with Crippen molar-refractivity contribution in [3.05, 3.63) is 59.7 Å². The number of hydrogen-bond acceptors (Lipinski definition) is 2. The minimum Gasteiger partial charge on any atom is -0.478 e. The number of allylic oxidation sites excluding steroid dienone is 3. The summed E-state index contributed by atoms with van der Waals surface area (Å²) in [6, 6.07) is 8.74. The molecule has 1 heterocycles. The van der Waals surface area contributed by atoms with Crippen LogP contribution in [0.5, 0.6) is 0 Å². The number of aryl methyl sites for hydroxylation is 1. The molecule has 0 spiro atoms. The number of benzene rings is 1. The molecule has 2 atom stereocenters. The smallest absolute Gasteiger partial charge is 0.192 e. The van der Waals surface area contributed by atoms with Crippen molar-refractivity contribution in [2.75, 3.05) is 6.61 Å². The molecule has 0 amide bonds. The summed E-state index contributed by atoms with van der Waals surface area (Å²) < 4.78 is 5.85. The highest BCUT2D eigenvalue weighted by Crippen LogP contribution is 2.34. The average molecular weight is 267 g/mol. The third-order valence-corrected chi connectivity index (χ3v) is 3.87. The largest absolute Gasteiger partial charge is 0.478 e. The van der Waals surface area contributed by atoms with E-state index < -0.39 is 0 Å². The normalized spacial score (nSPS) is 27.2. The van der Waals surface area contributed by atoms with Crippen molar-refractivity contribution in [1.29, 1.82) is 0 Å². The highest BCUT2D eigenvalue weighted by atomic mass is 16.5. The summed E-state index contributed by atoms with van der Waals surface area (Å²) in [6.45, 7) is 7.02. The number of ether oxygens (including phenoxy) is 1. The molecule has 0 saturated heterocycles. The Hall–Kier alpha value is -1.83. The van der Waals surface area contributed by atoms with Gasteiger partial charge in [-0.2, -0.15) is 0 Å². The maximum Gasteiger partial charge on any atom is 0.192 e. The lowest BCUT2D eigenvalue weighted by atomic mass is 9.82. The summed E-state index contributed by atoms with van der Waals surface area (Å²) in [5.74, 6) is 1.40. The number of hydrogen-bond donors (Lipinski definition) is 0. The fraction of sp³-hybridized carbons (Fsp3) is 0.389. The second kappa shape index (κ2) is 4.93. The Labute approximate surface area is 120 Å². The fourth-order valence-electron chi connectivity index (χ4n) is 2.73. The molecule has 3 rings (SSSR count). The molecule has 0 aromatic heterocycles. The molecule has 1 aliphatic heterocycles. The molecule has 1 aromatic rings. The summed E-state index contributed by atoms with van der Waals surface area (Å²) in [7, 11) is 0. The van der Waals surface area contributed by atoms with Gasteiger partial charge in [0.25, 0.3) is 0 Å². The summed E-state index contributed by atoms with van der Waals surface area (Å²) in [5.41, 5.74) is 2.51.